The summed E-state index contributed by atoms with van der Waals surface area (Å²) in [4.78, 5) is 19.4. The van der Waals surface area contributed by atoms with Gasteiger partial charge in [0, 0.05) is 12.2 Å². The van der Waals surface area contributed by atoms with Gasteiger partial charge in [0.15, 0.2) is 0 Å². The lowest BCUT2D eigenvalue weighted by Crippen LogP contribution is -2.28. The van der Waals surface area contributed by atoms with Crippen LogP contribution < -0.4 is 11.1 Å². The molecule has 0 radical (unpaired) electrons. The molecule has 1 rings (SSSR count). The third-order valence-corrected chi connectivity index (χ3v) is 1.78. The number of hydrogen-bond donors (Lipinski definition) is 2. The number of nitrogen functional groups attached to an aromatic ring is 1. The van der Waals surface area contributed by atoms with Crippen LogP contribution in [-0.4, -0.2) is 22.4 Å². The van der Waals surface area contributed by atoms with Gasteiger partial charge < -0.3 is 11.1 Å². The van der Waals surface area contributed by atoms with Gasteiger partial charge in [-0.05, 0) is 18.9 Å². The number of nitrogens with one attached hydrogen (secondary N) is 1. The van der Waals surface area contributed by atoms with Crippen molar-refractivity contribution < 1.29 is 4.79 Å². The zero-order valence-electron chi connectivity index (χ0n) is 9.24. The first kappa shape index (κ1) is 11.4. The summed E-state index contributed by atoms with van der Waals surface area (Å²) in [6, 6.07) is 1.62. The maximum Gasteiger partial charge on any atom is 0.270 e. The van der Waals surface area contributed by atoms with Gasteiger partial charge in [0.2, 0.25) is 5.95 Å². The molecule has 5 heteroatoms. The molecular formula is C10H16N4O. The number of anilines is 1. The Morgan fingerprint density at radius 1 is 1.53 bits per heavy atom. The molecule has 1 heterocycles. The second-order valence-electron chi connectivity index (χ2n) is 3.86. The number of nitrogens with two attached hydrogens (primary N) is 1. The Morgan fingerprint density at radius 3 is 2.73 bits per heavy atom. The van der Waals surface area contributed by atoms with E-state index in [4.69, 9.17) is 5.73 Å². The van der Waals surface area contributed by atoms with Crippen LogP contribution in [0, 0.1) is 12.8 Å². The van der Waals surface area contributed by atoms with Crippen LogP contribution in [-0.2, 0) is 0 Å². The molecule has 0 saturated carbocycles. The molecule has 3 N–H and O–H groups in total. The molecule has 5 nitrogen and oxygen atoms in total. The molecule has 1 amide bonds. The van der Waals surface area contributed by atoms with Crippen LogP contribution in [0.5, 0.6) is 0 Å². The molecule has 1 aromatic rings. The predicted octanol–water partition coefficient (Wildman–Crippen LogP) is 0.753. The van der Waals surface area contributed by atoms with Crippen LogP contribution in [0.25, 0.3) is 0 Å². The van der Waals surface area contributed by atoms with E-state index in [1.54, 1.807) is 13.0 Å². The number of nitrogens with zero attached hydrogens (tertiary/aromatic N) is 2. The Morgan fingerprint density at radius 2 is 2.20 bits per heavy atom. The zero-order valence-corrected chi connectivity index (χ0v) is 9.24. The van der Waals surface area contributed by atoms with Gasteiger partial charge in [-0.15, -0.1) is 0 Å². The largest absolute Gasteiger partial charge is 0.368 e. The molecule has 0 aromatic carbocycles. The minimum atomic E-state index is -0.207. The standard InChI is InChI=1S/C10H16N4O/c1-6(2)5-12-9(15)8-4-7(3)13-10(11)14-8/h4,6H,5H2,1-3H3,(H,12,15)(H2,11,13,14). The highest BCUT2D eigenvalue weighted by Crippen LogP contribution is 2.01. The highest BCUT2D eigenvalue weighted by Gasteiger charge is 2.09. The minimum absolute atomic E-state index is 0.129. The highest BCUT2D eigenvalue weighted by atomic mass is 16.1. The number of amides is 1. The van der Waals surface area contributed by atoms with Crippen molar-refractivity contribution in [2.45, 2.75) is 20.8 Å². The second kappa shape index (κ2) is 4.72. The van der Waals surface area contributed by atoms with Crippen molar-refractivity contribution in [1.82, 2.24) is 15.3 Å². The predicted molar refractivity (Wildman–Crippen MR) is 58.4 cm³/mol. The third kappa shape index (κ3) is 3.53. The first-order chi connectivity index (χ1) is 6.99. The number of rotatable bonds is 3. The van der Waals surface area contributed by atoms with Gasteiger partial charge >= 0.3 is 0 Å². The van der Waals surface area contributed by atoms with E-state index in [1.807, 2.05) is 13.8 Å². The number of carbonyl (C=O) groups excluding carboxylic acids is 1. The normalized spacial score (nSPS) is 10.4. The molecule has 82 valence electrons. The van der Waals surface area contributed by atoms with Crippen molar-refractivity contribution in [3.8, 4) is 0 Å². The average Bonchev–Trinajstić information content (AvgIpc) is 2.12. The number of hydrogen-bond acceptors (Lipinski definition) is 4. The van der Waals surface area contributed by atoms with E-state index >= 15 is 0 Å². The van der Waals surface area contributed by atoms with Crippen LogP contribution in [0.15, 0.2) is 6.07 Å². The van der Waals surface area contributed by atoms with E-state index in [-0.39, 0.29) is 11.9 Å². The smallest absolute Gasteiger partial charge is 0.270 e. The summed E-state index contributed by atoms with van der Waals surface area (Å²) in [5.41, 5.74) is 6.46. The lowest BCUT2D eigenvalue weighted by atomic mass is 10.2. The fourth-order valence-corrected chi connectivity index (χ4v) is 1.10. The van der Waals surface area contributed by atoms with Crippen LogP contribution in [0.3, 0.4) is 0 Å². The first-order valence-electron chi connectivity index (χ1n) is 4.88. The summed E-state index contributed by atoms with van der Waals surface area (Å²) in [5, 5.41) is 2.77. The fraction of sp³-hybridized carbons (Fsp3) is 0.500. The molecule has 0 aliphatic heterocycles. The fourth-order valence-electron chi connectivity index (χ4n) is 1.10. The quantitative estimate of drug-likeness (QED) is 0.768. The van der Waals surface area contributed by atoms with Crippen LogP contribution in [0.1, 0.15) is 30.0 Å². The zero-order chi connectivity index (χ0) is 11.4. The number of carbonyl (C=O) groups is 1. The van der Waals surface area contributed by atoms with E-state index < -0.39 is 0 Å². The molecular weight excluding hydrogens is 192 g/mol. The maximum atomic E-state index is 11.6. The van der Waals surface area contributed by atoms with Gasteiger partial charge in [-0.2, -0.15) is 0 Å². The summed E-state index contributed by atoms with van der Waals surface area (Å²) >= 11 is 0. The van der Waals surface area contributed by atoms with E-state index in [0.717, 1.165) is 0 Å². The van der Waals surface area contributed by atoms with E-state index in [0.29, 0.717) is 23.9 Å². The van der Waals surface area contributed by atoms with Crippen molar-refractivity contribution in [3.05, 3.63) is 17.5 Å². The van der Waals surface area contributed by atoms with Gasteiger partial charge in [-0.3, -0.25) is 4.79 Å². The second-order valence-corrected chi connectivity index (χ2v) is 3.86. The third-order valence-electron chi connectivity index (χ3n) is 1.78. The first-order valence-corrected chi connectivity index (χ1v) is 4.88. The highest BCUT2D eigenvalue weighted by molar-refractivity contribution is 5.92. The van der Waals surface area contributed by atoms with Crippen LogP contribution >= 0.6 is 0 Å². The van der Waals surface area contributed by atoms with Crippen molar-refractivity contribution >= 4 is 11.9 Å². The van der Waals surface area contributed by atoms with Crippen molar-refractivity contribution in [2.75, 3.05) is 12.3 Å². The summed E-state index contributed by atoms with van der Waals surface area (Å²) in [6.07, 6.45) is 0. The van der Waals surface area contributed by atoms with Crippen molar-refractivity contribution in [2.24, 2.45) is 5.92 Å². The van der Waals surface area contributed by atoms with E-state index in [1.165, 1.54) is 0 Å². The lowest BCUT2D eigenvalue weighted by Gasteiger charge is -2.07. The van der Waals surface area contributed by atoms with Gasteiger partial charge in [0.05, 0.1) is 0 Å². The Bertz CT molecular complexity index is 342. The lowest BCUT2D eigenvalue weighted by molar-refractivity contribution is 0.0944. The van der Waals surface area contributed by atoms with Crippen LogP contribution in [0.2, 0.25) is 0 Å². The molecule has 1 aromatic heterocycles. The monoisotopic (exact) mass is 208 g/mol. The Kier molecular flexibility index (Phi) is 3.60. The van der Waals surface area contributed by atoms with Crippen molar-refractivity contribution in [1.29, 1.82) is 0 Å². The molecule has 15 heavy (non-hydrogen) atoms. The maximum absolute atomic E-state index is 11.6. The molecule has 0 aliphatic rings. The van der Waals surface area contributed by atoms with Crippen LogP contribution in [0.4, 0.5) is 5.95 Å². The number of aromatic nitrogens is 2. The number of aryl methyl sites for hydroxylation is 1. The average molecular weight is 208 g/mol. The molecule has 0 unspecified atom stereocenters. The van der Waals surface area contributed by atoms with Gasteiger partial charge in [0.1, 0.15) is 5.69 Å². The Hall–Kier alpha value is -1.65. The molecule has 0 saturated heterocycles. The van der Waals surface area contributed by atoms with Gasteiger partial charge in [-0.25, -0.2) is 9.97 Å². The van der Waals surface area contributed by atoms with E-state index in [9.17, 15) is 4.79 Å². The minimum Gasteiger partial charge on any atom is -0.368 e. The molecule has 0 aliphatic carbocycles. The molecule has 0 fully saturated rings. The summed E-state index contributed by atoms with van der Waals surface area (Å²) in [5.74, 6) is 0.333. The van der Waals surface area contributed by atoms with Crippen molar-refractivity contribution in [3.63, 3.8) is 0 Å². The Labute approximate surface area is 89.1 Å². The molecule has 0 spiro atoms. The molecule has 0 atom stereocenters. The SMILES string of the molecule is Cc1cc(C(=O)NCC(C)C)nc(N)n1. The summed E-state index contributed by atoms with van der Waals surface area (Å²) in [7, 11) is 0. The van der Waals surface area contributed by atoms with Gasteiger partial charge in [-0.1, -0.05) is 13.8 Å². The Balaban J connectivity index is 2.73. The summed E-state index contributed by atoms with van der Waals surface area (Å²) < 4.78 is 0. The topological polar surface area (TPSA) is 80.9 Å². The molecule has 0 bridgehead atoms. The van der Waals surface area contributed by atoms with Gasteiger partial charge in [0.25, 0.3) is 5.91 Å². The summed E-state index contributed by atoms with van der Waals surface area (Å²) in [6.45, 7) is 6.46. The van der Waals surface area contributed by atoms with E-state index in [2.05, 4.69) is 15.3 Å².